The minimum absolute atomic E-state index is 0.0184. The van der Waals surface area contributed by atoms with Gasteiger partial charge in [0, 0.05) is 10.4 Å². The molecular formula is C20H18FN3O5S. The Morgan fingerprint density at radius 1 is 1.30 bits per heavy atom. The number of hydrogen-bond acceptors (Lipinski definition) is 7. The highest BCUT2D eigenvalue weighted by molar-refractivity contribution is 7.17. The monoisotopic (exact) mass is 431 g/mol. The molecule has 1 N–H and O–H groups in total. The molecule has 8 nitrogen and oxygen atoms in total. The van der Waals surface area contributed by atoms with Crippen molar-refractivity contribution in [1.82, 2.24) is 9.78 Å². The fourth-order valence-corrected chi connectivity index (χ4v) is 4.62. The average Bonchev–Trinajstić information content (AvgIpc) is 3.37. The molecule has 1 aliphatic carbocycles. The number of benzene rings is 1. The summed E-state index contributed by atoms with van der Waals surface area (Å²) in [5.74, 6) is -2.26. The van der Waals surface area contributed by atoms with Crippen LogP contribution in [0.4, 0.5) is 9.39 Å². The molecule has 1 aliphatic rings. The number of anilines is 1. The number of nitrogens with one attached hydrogen (secondary N) is 1. The van der Waals surface area contributed by atoms with E-state index >= 15 is 0 Å². The summed E-state index contributed by atoms with van der Waals surface area (Å²) >= 11 is 1.35. The van der Waals surface area contributed by atoms with E-state index < -0.39 is 30.0 Å². The van der Waals surface area contributed by atoms with Crippen molar-refractivity contribution in [3.8, 4) is 11.5 Å². The quantitative estimate of drug-likeness (QED) is 0.602. The van der Waals surface area contributed by atoms with Crippen LogP contribution < -0.4 is 11.1 Å². The van der Waals surface area contributed by atoms with Crippen LogP contribution in [0.15, 0.2) is 33.5 Å². The van der Waals surface area contributed by atoms with Crippen LogP contribution in [-0.2, 0) is 28.9 Å². The Hall–Kier alpha value is -3.27. The van der Waals surface area contributed by atoms with Crippen molar-refractivity contribution >= 4 is 28.2 Å². The Bertz CT molecular complexity index is 1160. The Morgan fingerprint density at radius 3 is 2.80 bits per heavy atom. The maximum absolute atomic E-state index is 13.1. The highest BCUT2D eigenvalue weighted by Crippen LogP contribution is 2.39. The van der Waals surface area contributed by atoms with Gasteiger partial charge in [0.05, 0.1) is 12.2 Å². The topological polar surface area (TPSA) is 103 Å². The molecule has 1 aromatic carbocycles. The van der Waals surface area contributed by atoms with E-state index in [0.29, 0.717) is 16.1 Å². The standard InChI is InChI=1S/C20H18FN3O5S/c1-2-28-19(26)16-13-4-3-5-14(13)30-18(16)22-15(25)10-24-20(27)29-17(23-24)11-6-8-12(21)9-7-11/h6-9H,2-5,10H2,1H3,(H,22,25). The first-order chi connectivity index (χ1) is 14.5. The molecule has 0 spiro atoms. The largest absolute Gasteiger partial charge is 0.462 e. The van der Waals surface area contributed by atoms with Crippen molar-refractivity contribution < 1.29 is 23.1 Å². The third kappa shape index (κ3) is 3.90. The van der Waals surface area contributed by atoms with Crippen molar-refractivity contribution in [2.24, 2.45) is 0 Å². The molecule has 2 heterocycles. The minimum atomic E-state index is -0.816. The SMILES string of the molecule is CCOC(=O)c1c(NC(=O)Cn2nc(-c3ccc(F)cc3)oc2=O)sc2c1CCC2. The highest BCUT2D eigenvalue weighted by atomic mass is 32.1. The summed E-state index contributed by atoms with van der Waals surface area (Å²) < 4.78 is 24.1. The van der Waals surface area contributed by atoms with Gasteiger partial charge in [0.2, 0.25) is 11.8 Å². The molecule has 10 heteroatoms. The Balaban J connectivity index is 1.53. The number of fused-ring (bicyclic) bond motifs is 1. The van der Waals surface area contributed by atoms with E-state index in [1.165, 1.54) is 35.6 Å². The number of rotatable bonds is 6. The van der Waals surface area contributed by atoms with E-state index in [4.69, 9.17) is 9.15 Å². The molecule has 0 saturated carbocycles. The zero-order valence-corrected chi connectivity index (χ0v) is 16.9. The van der Waals surface area contributed by atoms with E-state index in [1.807, 2.05) is 0 Å². The summed E-state index contributed by atoms with van der Waals surface area (Å²) in [6.07, 6.45) is 2.58. The van der Waals surface area contributed by atoms with Gasteiger partial charge in [0.15, 0.2) is 0 Å². The molecule has 0 bridgehead atoms. The minimum Gasteiger partial charge on any atom is -0.462 e. The van der Waals surface area contributed by atoms with Crippen LogP contribution in [0.3, 0.4) is 0 Å². The third-order valence-electron chi connectivity index (χ3n) is 4.64. The van der Waals surface area contributed by atoms with Crippen LogP contribution >= 0.6 is 11.3 Å². The fourth-order valence-electron chi connectivity index (χ4n) is 3.33. The number of carbonyl (C=O) groups is 2. The highest BCUT2D eigenvalue weighted by Gasteiger charge is 2.28. The first-order valence-corrected chi connectivity index (χ1v) is 10.2. The molecule has 0 unspecified atom stereocenters. The molecule has 30 heavy (non-hydrogen) atoms. The number of halogens is 1. The molecular weight excluding hydrogens is 413 g/mol. The maximum Gasteiger partial charge on any atom is 0.437 e. The second kappa shape index (κ2) is 8.23. The van der Waals surface area contributed by atoms with Crippen LogP contribution in [0.1, 0.15) is 34.1 Å². The zero-order valence-electron chi connectivity index (χ0n) is 16.1. The van der Waals surface area contributed by atoms with Gasteiger partial charge >= 0.3 is 11.7 Å². The average molecular weight is 431 g/mol. The number of hydrogen-bond donors (Lipinski definition) is 1. The molecule has 0 atom stereocenters. The molecule has 156 valence electrons. The summed E-state index contributed by atoms with van der Waals surface area (Å²) in [4.78, 5) is 38.0. The summed E-state index contributed by atoms with van der Waals surface area (Å²) in [7, 11) is 0. The number of esters is 1. The zero-order chi connectivity index (χ0) is 21.3. The van der Waals surface area contributed by atoms with Crippen LogP contribution in [0.25, 0.3) is 11.5 Å². The fraction of sp³-hybridized carbons (Fsp3) is 0.300. The molecule has 1 amide bonds. The second-order valence-electron chi connectivity index (χ2n) is 6.67. The van der Waals surface area contributed by atoms with Crippen molar-refractivity contribution in [2.75, 3.05) is 11.9 Å². The van der Waals surface area contributed by atoms with Gasteiger partial charge in [-0.25, -0.2) is 14.0 Å². The molecule has 0 aliphatic heterocycles. The van der Waals surface area contributed by atoms with Crippen LogP contribution in [0.2, 0.25) is 0 Å². The lowest BCUT2D eigenvalue weighted by Crippen LogP contribution is -2.26. The van der Waals surface area contributed by atoms with Crippen LogP contribution in [-0.4, -0.2) is 28.3 Å². The van der Waals surface area contributed by atoms with Crippen molar-refractivity contribution in [3.63, 3.8) is 0 Å². The lowest BCUT2D eigenvalue weighted by Gasteiger charge is -2.07. The van der Waals surface area contributed by atoms with Gasteiger partial charge < -0.3 is 14.5 Å². The molecule has 0 radical (unpaired) electrons. The Morgan fingerprint density at radius 2 is 2.07 bits per heavy atom. The van der Waals surface area contributed by atoms with Gasteiger partial charge in [-0.15, -0.1) is 16.4 Å². The summed E-state index contributed by atoms with van der Waals surface area (Å²) in [6.45, 7) is 1.56. The number of aryl methyl sites for hydroxylation is 1. The Labute approximate surface area is 174 Å². The van der Waals surface area contributed by atoms with E-state index in [-0.39, 0.29) is 12.5 Å². The number of thiophene rings is 1. The van der Waals surface area contributed by atoms with E-state index in [1.54, 1.807) is 6.92 Å². The smallest absolute Gasteiger partial charge is 0.437 e. The number of aromatic nitrogens is 2. The Kier molecular flexibility index (Phi) is 5.49. The van der Waals surface area contributed by atoms with Crippen LogP contribution in [0, 0.1) is 5.82 Å². The van der Waals surface area contributed by atoms with Gasteiger partial charge in [-0.3, -0.25) is 4.79 Å². The number of amides is 1. The van der Waals surface area contributed by atoms with Crippen LogP contribution in [0.5, 0.6) is 0 Å². The lowest BCUT2D eigenvalue weighted by molar-refractivity contribution is -0.117. The van der Waals surface area contributed by atoms with Gasteiger partial charge in [-0.05, 0) is 56.0 Å². The van der Waals surface area contributed by atoms with Gasteiger partial charge in [-0.2, -0.15) is 4.68 Å². The summed E-state index contributed by atoms with van der Waals surface area (Å²) in [5.41, 5.74) is 1.72. The maximum atomic E-state index is 13.1. The third-order valence-corrected chi connectivity index (χ3v) is 5.85. The molecule has 3 aromatic rings. The molecule has 4 rings (SSSR count). The van der Waals surface area contributed by atoms with E-state index in [0.717, 1.165) is 34.4 Å². The summed E-state index contributed by atoms with van der Waals surface area (Å²) in [6, 6.07) is 5.27. The second-order valence-corrected chi connectivity index (χ2v) is 7.77. The number of ether oxygens (including phenoxy) is 1. The predicted octanol–water partition coefficient (Wildman–Crippen LogP) is 3.01. The predicted molar refractivity (Wildman–Crippen MR) is 107 cm³/mol. The van der Waals surface area contributed by atoms with E-state index in [9.17, 15) is 18.8 Å². The summed E-state index contributed by atoms with van der Waals surface area (Å²) in [5, 5.41) is 7.11. The molecule has 2 aromatic heterocycles. The molecule has 0 saturated heterocycles. The number of nitrogens with zero attached hydrogens (tertiary/aromatic N) is 2. The van der Waals surface area contributed by atoms with Gasteiger partial charge in [0.1, 0.15) is 17.4 Å². The van der Waals surface area contributed by atoms with Crippen molar-refractivity contribution in [1.29, 1.82) is 0 Å². The van der Waals surface area contributed by atoms with Gasteiger partial charge in [0.25, 0.3) is 0 Å². The molecule has 0 fully saturated rings. The lowest BCUT2D eigenvalue weighted by atomic mass is 10.1. The van der Waals surface area contributed by atoms with Crippen molar-refractivity contribution in [3.05, 3.63) is 56.6 Å². The van der Waals surface area contributed by atoms with E-state index in [2.05, 4.69) is 10.4 Å². The first-order valence-electron chi connectivity index (χ1n) is 9.41. The van der Waals surface area contributed by atoms with Crippen molar-refractivity contribution in [2.45, 2.75) is 32.7 Å². The normalized spacial score (nSPS) is 12.6. The first kappa shape index (κ1) is 20.0. The van der Waals surface area contributed by atoms with Gasteiger partial charge in [-0.1, -0.05) is 0 Å². The number of carbonyl (C=O) groups excluding carboxylic acids is 2.